The molecule has 15 heavy (non-hydrogen) atoms. The van der Waals surface area contributed by atoms with Crippen LogP contribution in [-0.2, 0) is 0 Å². The summed E-state index contributed by atoms with van der Waals surface area (Å²) in [7, 11) is 0. The molecule has 0 aromatic carbocycles. The van der Waals surface area contributed by atoms with Gasteiger partial charge in [0.15, 0.2) is 0 Å². The molecule has 0 saturated carbocycles. The predicted molar refractivity (Wildman–Crippen MR) is 61.7 cm³/mol. The smallest absolute Gasteiger partial charge is 0.320 e. The molecule has 0 spiro atoms. The predicted octanol–water partition coefficient (Wildman–Crippen LogP) is 1.26. The van der Waals surface area contributed by atoms with Crippen LogP contribution in [0.4, 0.5) is 4.79 Å². The summed E-state index contributed by atoms with van der Waals surface area (Å²) in [5, 5.41) is 0. The van der Waals surface area contributed by atoms with Gasteiger partial charge >= 0.3 is 6.03 Å². The molecule has 4 heteroatoms. The first kappa shape index (κ1) is 12.3. The van der Waals surface area contributed by atoms with Crippen LogP contribution in [-0.4, -0.2) is 47.5 Å². The topological polar surface area (TPSA) is 49.6 Å². The van der Waals surface area contributed by atoms with Crippen molar-refractivity contribution in [2.75, 3.05) is 19.6 Å². The maximum Gasteiger partial charge on any atom is 0.320 e. The molecule has 0 bridgehead atoms. The van der Waals surface area contributed by atoms with Crippen LogP contribution in [0.5, 0.6) is 0 Å². The van der Waals surface area contributed by atoms with Gasteiger partial charge < -0.3 is 15.5 Å². The first-order chi connectivity index (χ1) is 7.07. The zero-order chi connectivity index (χ0) is 11.4. The van der Waals surface area contributed by atoms with Crippen molar-refractivity contribution in [3.05, 3.63) is 0 Å². The van der Waals surface area contributed by atoms with Crippen LogP contribution in [0.15, 0.2) is 0 Å². The molecule has 1 saturated heterocycles. The van der Waals surface area contributed by atoms with Crippen molar-refractivity contribution in [3.8, 4) is 0 Å². The number of nitrogens with zero attached hydrogens (tertiary/aromatic N) is 2. The second kappa shape index (κ2) is 5.35. The fraction of sp³-hybridized carbons (Fsp3) is 0.909. The first-order valence-corrected chi connectivity index (χ1v) is 5.85. The molecule has 0 aromatic heterocycles. The fourth-order valence-electron chi connectivity index (χ4n) is 2.10. The Morgan fingerprint density at radius 1 is 1.60 bits per heavy atom. The van der Waals surface area contributed by atoms with Crippen LogP contribution >= 0.6 is 0 Å². The van der Waals surface area contributed by atoms with E-state index in [1.165, 1.54) is 0 Å². The van der Waals surface area contributed by atoms with Gasteiger partial charge in [0.2, 0.25) is 0 Å². The molecule has 1 aliphatic rings. The molecular formula is C11H23N3O. The Labute approximate surface area is 92.4 Å². The van der Waals surface area contributed by atoms with Crippen molar-refractivity contribution >= 4 is 6.03 Å². The Morgan fingerprint density at radius 2 is 2.27 bits per heavy atom. The van der Waals surface area contributed by atoms with Crippen LogP contribution in [0.3, 0.4) is 0 Å². The molecule has 1 fully saturated rings. The summed E-state index contributed by atoms with van der Waals surface area (Å²) in [5.74, 6) is 0. The summed E-state index contributed by atoms with van der Waals surface area (Å²) in [4.78, 5) is 16.0. The van der Waals surface area contributed by atoms with Gasteiger partial charge in [-0.05, 0) is 33.6 Å². The second-order valence-electron chi connectivity index (χ2n) is 4.54. The van der Waals surface area contributed by atoms with Crippen LogP contribution in [0.1, 0.15) is 33.6 Å². The highest BCUT2D eigenvalue weighted by Crippen LogP contribution is 2.19. The van der Waals surface area contributed by atoms with Gasteiger partial charge in [-0.15, -0.1) is 0 Å². The highest BCUT2D eigenvalue weighted by atomic mass is 16.2. The molecule has 0 aliphatic carbocycles. The highest BCUT2D eigenvalue weighted by molar-refractivity contribution is 5.75. The molecule has 88 valence electrons. The van der Waals surface area contributed by atoms with Gasteiger partial charge in [-0.25, -0.2) is 4.79 Å². The third kappa shape index (κ3) is 2.84. The molecule has 1 rings (SSSR count). The molecule has 4 nitrogen and oxygen atoms in total. The highest BCUT2D eigenvalue weighted by Gasteiger charge is 2.29. The van der Waals surface area contributed by atoms with Gasteiger partial charge in [-0.1, -0.05) is 0 Å². The summed E-state index contributed by atoms with van der Waals surface area (Å²) in [6, 6.07) is 0.769. The fourth-order valence-corrected chi connectivity index (χ4v) is 2.10. The van der Waals surface area contributed by atoms with Gasteiger partial charge in [0, 0.05) is 31.7 Å². The SMILES string of the molecule is CC(C)N(CCN)C(=O)N1CCCC1C. The lowest BCUT2D eigenvalue weighted by Crippen LogP contribution is -2.49. The van der Waals surface area contributed by atoms with E-state index in [4.69, 9.17) is 5.73 Å². The summed E-state index contributed by atoms with van der Waals surface area (Å²) in [5.41, 5.74) is 5.53. The molecule has 0 aromatic rings. The number of carbonyl (C=O) groups is 1. The normalized spacial score (nSPS) is 21.1. The number of likely N-dealkylation sites (tertiary alicyclic amines) is 1. The summed E-state index contributed by atoms with van der Waals surface area (Å²) < 4.78 is 0. The maximum atomic E-state index is 12.2. The molecule has 2 N–H and O–H groups in total. The minimum absolute atomic E-state index is 0.153. The van der Waals surface area contributed by atoms with Crippen LogP contribution in [0.2, 0.25) is 0 Å². The number of nitrogens with two attached hydrogens (primary N) is 1. The molecule has 1 atom stereocenters. The third-order valence-electron chi connectivity index (χ3n) is 3.04. The van der Waals surface area contributed by atoms with Gasteiger partial charge in [0.1, 0.15) is 0 Å². The second-order valence-corrected chi connectivity index (χ2v) is 4.54. The van der Waals surface area contributed by atoms with Crippen LogP contribution in [0.25, 0.3) is 0 Å². The standard InChI is InChI=1S/C11H23N3O/c1-9(2)13(8-6-12)11(15)14-7-4-5-10(14)3/h9-10H,4-8,12H2,1-3H3. The van der Waals surface area contributed by atoms with Gasteiger partial charge in [0.25, 0.3) is 0 Å². The molecule has 2 amide bonds. The minimum atomic E-state index is 0.153. The Bertz CT molecular complexity index is 218. The Morgan fingerprint density at radius 3 is 2.67 bits per heavy atom. The Kier molecular flexibility index (Phi) is 4.39. The number of urea groups is 1. The molecule has 1 heterocycles. The van der Waals surface area contributed by atoms with Crippen molar-refractivity contribution in [2.24, 2.45) is 5.73 Å². The lowest BCUT2D eigenvalue weighted by Gasteiger charge is -2.33. The summed E-state index contributed by atoms with van der Waals surface area (Å²) in [6.07, 6.45) is 2.25. The zero-order valence-electron chi connectivity index (χ0n) is 10.1. The maximum absolute atomic E-state index is 12.2. The van der Waals surface area contributed by atoms with E-state index < -0.39 is 0 Å². The van der Waals surface area contributed by atoms with Crippen molar-refractivity contribution in [2.45, 2.75) is 45.7 Å². The van der Waals surface area contributed by atoms with Crippen LogP contribution < -0.4 is 5.73 Å². The average Bonchev–Trinajstić information content (AvgIpc) is 2.59. The monoisotopic (exact) mass is 213 g/mol. The molecular weight excluding hydrogens is 190 g/mol. The summed E-state index contributed by atoms with van der Waals surface area (Å²) in [6.45, 7) is 8.27. The number of carbonyl (C=O) groups excluding carboxylic acids is 1. The minimum Gasteiger partial charge on any atom is -0.329 e. The number of hydrogen-bond donors (Lipinski definition) is 1. The van der Waals surface area contributed by atoms with Gasteiger partial charge in [0.05, 0.1) is 0 Å². The van der Waals surface area contributed by atoms with Gasteiger partial charge in [-0.2, -0.15) is 0 Å². The van der Waals surface area contributed by atoms with Crippen molar-refractivity contribution in [1.29, 1.82) is 0 Å². The number of amides is 2. The lowest BCUT2D eigenvalue weighted by atomic mass is 10.2. The molecule has 1 aliphatic heterocycles. The zero-order valence-corrected chi connectivity index (χ0v) is 10.1. The van der Waals surface area contributed by atoms with Crippen molar-refractivity contribution in [1.82, 2.24) is 9.80 Å². The van der Waals surface area contributed by atoms with E-state index in [1.54, 1.807) is 0 Å². The van der Waals surface area contributed by atoms with E-state index in [9.17, 15) is 4.79 Å². The summed E-state index contributed by atoms with van der Waals surface area (Å²) >= 11 is 0. The Balaban J connectivity index is 2.62. The van der Waals surface area contributed by atoms with E-state index in [1.807, 2.05) is 23.6 Å². The number of rotatable bonds is 3. The van der Waals surface area contributed by atoms with Crippen molar-refractivity contribution < 1.29 is 4.79 Å². The third-order valence-corrected chi connectivity index (χ3v) is 3.04. The van der Waals surface area contributed by atoms with E-state index in [-0.39, 0.29) is 12.1 Å². The van der Waals surface area contributed by atoms with E-state index in [0.29, 0.717) is 19.1 Å². The first-order valence-electron chi connectivity index (χ1n) is 5.85. The van der Waals surface area contributed by atoms with E-state index in [0.717, 1.165) is 19.4 Å². The lowest BCUT2D eigenvalue weighted by molar-refractivity contribution is 0.139. The van der Waals surface area contributed by atoms with Crippen LogP contribution in [0, 0.1) is 0 Å². The molecule has 0 radical (unpaired) electrons. The number of hydrogen-bond acceptors (Lipinski definition) is 2. The van der Waals surface area contributed by atoms with Gasteiger partial charge in [-0.3, -0.25) is 0 Å². The van der Waals surface area contributed by atoms with E-state index >= 15 is 0 Å². The molecule has 1 unspecified atom stereocenters. The van der Waals surface area contributed by atoms with Crippen molar-refractivity contribution in [3.63, 3.8) is 0 Å². The largest absolute Gasteiger partial charge is 0.329 e. The van der Waals surface area contributed by atoms with E-state index in [2.05, 4.69) is 6.92 Å². The Hall–Kier alpha value is -0.770. The quantitative estimate of drug-likeness (QED) is 0.767. The average molecular weight is 213 g/mol.